The lowest BCUT2D eigenvalue weighted by Gasteiger charge is -2.31. The molecule has 1 atom stereocenters. The van der Waals surface area contributed by atoms with E-state index in [4.69, 9.17) is 9.47 Å². The molecule has 0 aliphatic carbocycles. The van der Waals surface area contributed by atoms with E-state index in [0.717, 1.165) is 12.8 Å². The summed E-state index contributed by atoms with van der Waals surface area (Å²) >= 11 is 1.23. The molecular weight excluding hydrogens is 394 g/mol. The first kappa shape index (κ1) is 21.4. The summed E-state index contributed by atoms with van der Waals surface area (Å²) in [5.74, 6) is -0.701. The molecule has 2 aromatic rings. The molecule has 2 aromatic heterocycles. The van der Waals surface area contributed by atoms with Crippen molar-refractivity contribution in [1.82, 2.24) is 14.5 Å². The average Bonchev–Trinajstić information content (AvgIpc) is 3.06. The number of rotatable bonds is 7. The summed E-state index contributed by atoms with van der Waals surface area (Å²) in [5, 5.41) is 0.483. The average molecular weight is 422 g/mol. The van der Waals surface area contributed by atoms with Gasteiger partial charge in [-0.05, 0) is 39.2 Å². The van der Waals surface area contributed by atoms with Crippen LogP contribution in [0.25, 0.3) is 10.2 Å². The maximum atomic E-state index is 13.2. The van der Waals surface area contributed by atoms with Gasteiger partial charge in [-0.15, -0.1) is 11.3 Å². The molecule has 0 N–H and O–H groups in total. The summed E-state index contributed by atoms with van der Waals surface area (Å²) in [6, 6.07) is 0. The highest BCUT2D eigenvalue weighted by Gasteiger charge is 2.31. The number of esters is 1. The van der Waals surface area contributed by atoms with E-state index in [1.54, 1.807) is 18.7 Å². The molecule has 0 bridgehead atoms. The third-order valence-electron chi connectivity index (χ3n) is 5.12. The van der Waals surface area contributed by atoms with Crippen molar-refractivity contribution < 1.29 is 19.1 Å². The van der Waals surface area contributed by atoms with Crippen molar-refractivity contribution in [2.45, 2.75) is 40.2 Å². The second kappa shape index (κ2) is 9.49. The molecule has 1 amide bonds. The standard InChI is InChI=1S/C20H27N3O5S/c1-4-27-10-9-23-12-21-17-15(18(23)24)13(3)16(29-17)19(25)22-8-6-7-14(11-22)20(26)28-5-2/h12,14H,4-11H2,1-3H3. The van der Waals surface area contributed by atoms with Gasteiger partial charge in [-0.3, -0.25) is 19.0 Å². The Morgan fingerprint density at radius 2 is 2.10 bits per heavy atom. The molecule has 3 rings (SSSR count). The molecular formula is C20H27N3O5S. The molecule has 9 heteroatoms. The highest BCUT2D eigenvalue weighted by Crippen LogP contribution is 2.29. The Hall–Kier alpha value is -2.26. The Morgan fingerprint density at radius 1 is 1.31 bits per heavy atom. The van der Waals surface area contributed by atoms with E-state index in [1.165, 1.54) is 22.2 Å². The van der Waals surface area contributed by atoms with E-state index >= 15 is 0 Å². The van der Waals surface area contributed by atoms with Crippen molar-refractivity contribution in [1.29, 1.82) is 0 Å². The number of amides is 1. The topological polar surface area (TPSA) is 90.7 Å². The normalized spacial score (nSPS) is 16.9. The van der Waals surface area contributed by atoms with E-state index in [-0.39, 0.29) is 23.4 Å². The van der Waals surface area contributed by atoms with Crippen molar-refractivity contribution in [3.8, 4) is 0 Å². The Balaban J connectivity index is 1.84. The Kier molecular flexibility index (Phi) is 7.02. The predicted molar refractivity (Wildman–Crippen MR) is 110 cm³/mol. The summed E-state index contributed by atoms with van der Waals surface area (Å²) in [4.78, 5) is 45.2. The van der Waals surface area contributed by atoms with Crippen molar-refractivity contribution in [2.24, 2.45) is 5.92 Å². The highest BCUT2D eigenvalue weighted by atomic mass is 32.1. The van der Waals surface area contributed by atoms with Crippen LogP contribution in [-0.2, 0) is 20.8 Å². The Bertz CT molecular complexity index is 951. The van der Waals surface area contributed by atoms with Crippen LogP contribution < -0.4 is 5.56 Å². The molecule has 0 saturated carbocycles. The number of aromatic nitrogens is 2. The zero-order valence-electron chi connectivity index (χ0n) is 17.1. The molecule has 29 heavy (non-hydrogen) atoms. The number of carbonyl (C=O) groups excluding carboxylic acids is 2. The molecule has 0 spiro atoms. The van der Waals surface area contributed by atoms with E-state index in [9.17, 15) is 14.4 Å². The van der Waals surface area contributed by atoms with Crippen LogP contribution >= 0.6 is 11.3 Å². The van der Waals surface area contributed by atoms with E-state index in [2.05, 4.69) is 4.98 Å². The van der Waals surface area contributed by atoms with Gasteiger partial charge in [-0.1, -0.05) is 0 Å². The lowest BCUT2D eigenvalue weighted by Crippen LogP contribution is -2.42. The first-order chi connectivity index (χ1) is 14.0. The van der Waals surface area contributed by atoms with Gasteiger partial charge in [0.2, 0.25) is 0 Å². The number of aryl methyl sites for hydroxylation is 1. The zero-order valence-corrected chi connectivity index (χ0v) is 17.9. The summed E-state index contributed by atoms with van der Waals surface area (Å²) in [7, 11) is 0. The quantitative estimate of drug-likeness (QED) is 0.503. The second-order valence-electron chi connectivity index (χ2n) is 7.02. The monoisotopic (exact) mass is 421 g/mol. The Labute approximate surface area is 173 Å². The number of piperidine rings is 1. The number of nitrogens with zero attached hydrogens (tertiary/aromatic N) is 3. The molecule has 158 valence electrons. The Morgan fingerprint density at radius 3 is 2.83 bits per heavy atom. The first-order valence-corrected chi connectivity index (χ1v) is 10.8. The third kappa shape index (κ3) is 4.51. The summed E-state index contributed by atoms with van der Waals surface area (Å²) in [5.41, 5.74) is 0.488. The number of hydrogen-bond acceptors (Lipinski definition) is 7. The van der Waals surface area contributed by atoms with Crippen LogP contribution in [0.1, 0.15) is 41.9 Å². The molecule has 8 nitrogen and oxygen atoms in total. The zero-order chi connectivity index (χ0) is 21.0. The number of hydrogen-bond donors (Lipinski definition) is 0. The third-order valence-corrected chi connectivity index (χ3v) is 6.31. The van der Waals surface area contributed by atoms with Gasteiger partial charge in [-0.25, -0.2) is 4.98 Å². The maximum Gasteiger partial charge on any atom is 0.310 e. The van der Waals surface area contributed by atoms with Crippen molar-refractivity contribution >= 4 is 33.4 Å². The minimum absolute atomic E-state index is 0.153. The van der Waals surface area contributed by atoms with Crippen LogP contribution in [0.15, 0.2) is 11.1 Å². The number of carbonyl (C=O) groups is 2. The number of likely N-dealkylation sites (tertiary alicyclic amines) is 1. The fraction of sp³-hybridized carbons (Fsp3) is 0.600. The van der Waals surface area contributed by atoms with Crippen LogP contribution in [0.3, 0.4) is 0 Å². The molecule has 1 unspecified atom stereocenters. The van der Waals surface area contributed by atoms with E-state index in [1.807, 2.05) is 6.92 Å². The van der Waals surface area contributed by atoms with Crippen LogP contribution in [0.2, 0.25) is 0 Å². The van der Waals surface area contributed by atoms with Gasteiger partial charge < -0.3 is 14.4 Å². The number of ether oxygens (including phenoxy) is 2. The molecule has 3 heterocycles. The van der Waals surface area contributed by atoms with Crippen LogP contribution in [0.5, 0.6) is 0 Å². The minimum Gasteiger partial charge on any atom is -0.466 e. The number of fused-ring (bicyclic) bond motifs is 1. The van der Waals surface area contributed by atoms with E-state index in [0.29, 0.717) is 60.1 Å². The second-order valence-corrected chi connectivity index (χ2v) is 8.02. The molecule has 1 aliphatic rings. The molecule has 0 aromatic carbocycles. The molecule has 1 aliphatic heterocycles. The summed E-state index contributed by atoms with van der Waals surface area (Å²) < 4.78 is 12.0. The van der Waals surface area contributed by atoms with Crippen LogP contribution in [0.4, 0.5) is 0 Å². The molecule has 1 saturated heterocycles. The van der Waals surface area contributed by atoms with Gasteiger partial charge in [0, 0.05) is 19.7 Å². The smallest absolute Gasteiger partial charge is 0.310 e. The lowest BCUT2D eigenvalue weighted by atomic mass is 9.98. The van der Waals surface area contributed by atoms with Crippen molar-refractivity contribution in [3.63, 3.8) is 0 Å². The highest BCUT2D eigenvalue weighted by molar-refractivity contribution is 7.20. The van der Waals surface area contributed by atoms with Crippen molar-refractivity contribution in [3.05, 3.63) is 27.1 Å². The van der Waals surface area contributed by atoms with Gasteiger partial charge in [-0.2, -0.15) is 0 Å². The van der Waals surface area contributed by atoms with Crippen molar-refractivity contribution in [2.75, 3.05) is 32.9 Å². The number of thiophene rings is 1. The van der Waals surface area contributed by atoms with Gasteiger partial charge in [0.05, 0.1) is 42.3 Å². The maximum absolute atomic E-state index is 13.2. The van der Waals surface area contributed by atoms with Gasteiger partial charge >= 0.3 is 5.97 Å². The predicted octanol–water partition coefficient (Wildman–Crippen LogP) is 2.22. The van der Waals surface area contributed by atoms with E-state index < -0.39 is 0 Å². The van der Waals surface area contributed by atoms with Crippen LogP contribution in [0, 0.1) is 12.8 Å². The first-order valence-electron chi connectivity index (χ1n) is 10.00. The van der Waals surface area contributed by atoms with Gasteiger partial charge in [0.15, 0.2) is 0 Å². The molecule has 0 radical (unpaired) electrons. The van der Waals surface area contributed by atoms with Crippen LogP contribution in [-0.4, -0.2) is 59.2 Å². The molecule has 1 fully saturated rings. The summed E-state index contributed by atoms with van der Waals surface area (Å²) in [6.45, 7) is 8.17. The summed E-state index contributed by atoms with van der Waals surface area (Å²) in [6.07, 6.45) is 2.98. The SMILES string of the molecule is CCOCCn1cnc2sc(C(=O)N3CCCC(C(=O)OCC)C3)c(C)c2c1=O. The van der Waals surface area contributed by atoms with Gasteiger partial charge in [0.1, 0.15) is 4.83 Å². The largest absolute Gasteiger partial charge is 0.466 e. The fourth-order valence-corrected chi connectivity index (χ4v) is 4.69. The lowest BCUT2D eigenvalue weighted by molar-refractivity contribution is -0.149. The van der Waals surface area contributed by atoms with Gasteiger partial charge in [0.25, 0.3) is 11.5 Å². The minimum atomic E-state index is -0.295. The fourth-order valence-electron chi connectivity index (χ4n) is 3.59.